The number of allylic oxidation sites excluding steroid dienone is 2. The van der Waals surface area contributed by atoms with E-state index in [1.807, 2.05) is 0 Å². The SMILES string of the molecule is CCCCCC=CCCCCCCCCCCC(=O)[O-].[Na+]. The van der Waals surface area contributed by atoms with Gasteiger partial charge in [0.05, 0.1) is 0 Å². The number of aliphatic carboxylic acids is 1. The molecule has 118 valence electrons. The normalized spacial score (nSPS) is 10.7. The quantitative estimate of drug-likeness (QED) is 0.263. The summed E-state index contributed by atoms with van der Waals surface area (Å²) in [6.07, 6.45) is 20.9. The number of carboxylic acid groups (broad SMARTS) is 1. The van der Waals surface area contributed by atoms with E-state index in [2.05, 4.69) is 19.1 Å². The van der Waals surface area contributed by atoms with Crippen LogP contribution in [-0.2, 0) is 4.79 Å². The second kappa shape index (κ2) is 20.2. The first-order chi connectivity index (χ1) is 9.77. The third kappa shape index (κ3) is 22.6. The molecule has 0 aromatic rings. The van der Waals surface area contributed by atoms with Gasteiger partial charge in [-0.15, -0.1) is 0 Å². The van der Waals surface area contributed by atoms with E-state index in [1.165, 1.54) is 70.6 Å². The first kappa shape index (κ1) is 23.5. The molecule has 21 heavy (non-hydrogen) atoms. The van der Waals surface area contributed by atoms with Crippen molar-refractivity contribution in [1.29, 1.82) is 0 Å². The van der Waals surface area contributed by atoms with Gasteiger partial charge in [-0.1, -0.05) is 70.4 Å². The minimum absolute atomic E-state index is 0. The zero-order chi connectivity index (χ0) is 14.9. The Morgan fingerprint density at radius 2 is 1.19 bits per heavy atom. The molecule has 0 aromatic heterocycles. The summed E-state index contributed by atoms with van der Waals surface area (Å²) in [7, 11) is 0. The van der Waals surface area contributed by atoms with Crippen molar-refractivity contribution in [2.75, 3.05) is 0 Å². The molecular formula is C18H33NaO2. The zero-order valence-corrected chi connectivity index (χ0v) is 16.4. The van der Waals surface area contributed by atoms with Crippen molar-refractivity contribution in [2.45, 2.75) is 96.8 Å². The molecular weight excluding hydrogens is 271 g/mol. The standard InChI is InChI=1S/C18H34O2.Na/c1-2-3-4-5-6-7-8-9-10-11-12-13-14-15-16-17-18(19)20;/h6-7H,2-5,8-17H2,1H3,(H,19,20);/q;+1/p-1. The molecule has 0 aliphatic carbocycles. The molecule has 0 rings (SSSR count). The zero-order valence-electron chi connectivity index (χ0n) is 14.4. The predicted octanol–water partition coefficient (Wildman–Crippen LogP) is 1.78. The van der Waals surface area contributed by atoms with E-state index in [-0.39, 0.29) is 36.0 Å². The van der Waals surface area contributed by atoms with Crippen molar-refractivity contribution >= 4 is 5.97 Å². The minimum atomic E-state index is -0.909. The van der Waals surface area contributed by atoms with E-state index in [1.54, 1.807) is 0 Å². The summed E-state index contributed by atoms with van der Waals surface area (Å²) >= 11 is 0. The Balaban J connectivity index is 0. The van der Waals surface area contributed by atoms with Crippen LogP contribution in [0.1, 0.15) is 96.8 Å². The Morgan fingerprint density at radius 1 is 0.762 bits per heavy atom. The smallest absolute Gasteiger partial charge is 0.550 e. The summed E-state index contributed by atoms with van der Waals surface area (Å²) in [5, 5.41) is 10.2. The average Bonchev–Trinajstić information content (AvgIpc) is 2.43. The van der Waals surface area contributed by atoms with E-state index in [0.29, 0.717) is 0 Å². The molecule has 0 aliphatic rings. The Morgan fingerprint density at radius 3 is 1.67 bits per heavy atom. The van der Waals surface area contributed by atoms with Gasteiger partial charge in [0.15, 0.2) is 0 Å². The van der Waals surface area contributed by atoms with Gasteiger partial charge in [-0.05, 0) is 38.5 Å². The molecule has 0 amide bonds. The van der Waals surface area contributed by atoms with Crippen LogP contribution in [0.4, 0.5) is 0 Å². The third-order valence-electron chi connectivity index (χ3n) is 3.64. The van der Waals surface area contributed by atoms with Crippen LogP contribution in [0, 0.1) is 0 Å². The maximum atomic E-state index is 10.2. The monoisotopic (exact) mass is 304 g/mol. The summed E-state index contributed by atoms with van der Waals surface area (Å²) in [4.78, 5) is 10.2. The molecule has 0 aliphatic heterocycles. The molecule has 0 unspecified atom stereocenters. The van der Waals surface area contributed by atoms with Gasteiger partial charge in [-0.25, -0.2) is 0 Å². The largest absolute Gasteiger partial charge is 1.00 e. The molecule has 0 heterocycles. The minimum Gasteiger partial charge on any atom is -0.550 e. The number of rotatable bonds is 15. The van der Waals surface area contributed by atoms with Gasteiger partial charge < -0.3 is 9.90 Å². The van der Waals surface area contributed by atoms with Crippen molar-refractivity contribution in [2.24, 2.45) is 0 Å². The second-order valence-corrected chi connectivity index (χ2v) is 5.71. The van der Waals surface area contributed by atoms with Crippen molar-refractivity contribution < 1.29 is 39.5 Å². The second-order valence-electron chi connectivity index (χ2n) is 5.71. The van der Waals surface area contributed by atoms with Crippen molar-refractivity contribution in [1.82, 2.24) is 0 Å². The fourth-order valence-electron chi connectivity index (χ4n) is 2.34. The number of hydrogen-bond donors (Lipinski definition) is 0. The van der Waals surface area contributed by atoms with Gasteiger partial charge in [0.25, 0.3) is 0 Å². The maximum Gasteiger partial charge on any atom is 1.00 e. The molecule has 0 aromatic carbocycles. The van der Waals surface area contributed by atoms with Crippen molar-refractivity contribution in [3.8, 4) is 0 Å². The van der Waals surface area contributed by atoms with Crippen LogP contribution in [0.5, 0.6) is 0 Å². The molecule has 3 heteroatoms. The van der Waals surface area contributed by atoms with Crippen LogP contribution in [0.3, 0.4) is 0 Å². The average molecular weight is 304 g/mol. The van der Waals surface area contributed by atoms with E-state index in [4.69, 9.17) is 0 Å². The summed E-state index contributed by atoms with van der Waals surface area (Å²) in [5.41, 5.74) is 0. The summed E-state index contributed by atoms with van der Waals surface area (Å²) in [6, 6.07) is 0. The summed E-state index contributed by atoms with van der Waals surface area (Å²) in [6.45, 7) is 2.24. The van der Waals surface area contributed by atoms with Crippen LogP contribution in [-0.4, -0.2) is 5.97 Å². The van der Waals surface area contributed by atoms with Crippen molar-refractivity contribution in [3.05, 3.63) is 12.2 Å². The molecule has 0 fully saturated rings. The molecule has 0 saturated heterocycles. The van der Waals surface area contributed by atoms with Crippen molar-refractivity contribution in [3.63, 3.8) is 0 Å². The third-order valence-corrected chi connectivity index (χ3v) is 3.64. The number of carbonyl (C=O) groups excluding carboxylic acids is 1. The fourth-order valence-corrected chi connectivity index (χ4v) is 2.34. The van der Waals surface area contributed by atoms with Gasteiger partial charge in [0.1, 0.15) is 0 Å². The number of carboxylic acids is 1. The maximum absolute atomic E-state index is 10.2. The Hall–Kier alpha value is 0.210. The first-order valence-electron chi connectivity index (χ1n) is 8.62. The molecule has 2 nitrogen and oxygen atoms in total. The van der Waals surface area contributed by atoms with Crippen LogP contribution in [0.2, 0.25) is 0 Å². The molecule has 0 spiro atoms. The fraction of sp³-hybridized carbons (Fsp3) is 0.833. The molecule has 0 atom stereocenters. The van der Waals surface area contributed by atoms with Gasteiger partial charge >= 0.3 is 29.6 Å². The molecule has 0 bridgehead atoms. The van der Waals surface area contributed by atoms with E-state index < -0.39 is 5.97 Å². The van der Waals surface area contributed by atoms with Gasteiger partial charge in [-0.3, -0.25) is 0 Å². The number of hydrogen-bond acceptors (Lipinski definition) is 2. The molecule has 0 N–H and O–H groups in total. The van der Waals surface area contributed by atoms with E-state index >= 15 is 0 Å². The Labute approximate surface area is 154 Å². The van der Waals surface area contributed by atoms with Gasteiger partial charge in [0, 0.05) is 5.97 Å². The molecule has 0 saturated carbocycles. The number of unbranched alkanes of at least 4 members (excludes halogenated alkanes) is 11. The molecule has 0 radical (unpaired) electrons. The Bertz CT molecular complexity index is 239. The Kier molecular flexibility index (Phi) is 22.6. The van der Waals surface area contributed by atoms with E-state index in [0.717, 1.165) is 12.8 Å². The van der Waals surface area contributed by atoms with Crippen LogP contribution in [0.25, 0.3) is 0 Å². The first-order valence-corrected chi connectivity index (χ1v) is 8.62. The predicted molar refractivity (Wildman–Crippen MR) is 84.5 cm³/mol. The topological polar surface area (TPSA) is 40.1 Å². The summed E-state index contributed by atoms with van der Waals surface area (Å²) in [5.74, 6) is -0.909. The number of carbonyl (C=O) groups is 1. The van der Waals surface area contributed by atoms with Crippen LogP contribution < -0.4 is 34.7 Å². The van der Waals surface area contributed by atoms with Crippen LogP contribution >= 0.6 is 0 Å². The van der Waals surface area contributed by atoms with Crippen LogP contribution in [0.15, 0.2) is 12.2 Å². The van der Waals surface area contributed by atoms with E-state index in [9.17, 15) is 9.90 Å². The van der Waals surface area contributed by atoms with Gasteiger partial charge in [0.2, 0.25) is 0 Å². The summed E-state index contributed by atoms with van der Waals surface area (Å²) < 4.78 is 0. The van der Waals surface area contributed by atoms with Gasteiger partial charge in [-0.2, -0.15) is 0 Å².